The van der Waals surface area contributed by atoms with E-state index in [-0.39, 0.29) is 11.4 Å². The zero-order chi connectivity index (χ0) is 13.8. The maximum absolute atomic E-state index is 12.1. The van der Waals surface area contributed by atoms with Gasteiger partial charge >= 0.3 is 0 Å². The molecular formula is C15H25N3OS. The predicted octanol–water partition coefficient (Wildman–Crippen LogP) is 2.39. The molecule has 3 fully saturated rings. The van der Waals surface area contributed by atoms with Gasteiger partial charge in [0.2, 0.25) is 5.91 Å². The molecule has 4 nitrogen and oxygen atoms in total. The average Bonchev–Trinajstić information content (AvgIpc) is 2.89. The molecule has 0 aromatic rings. The summed E-state index contributed by atoms with van der Waals surface area (Å²) in [5, 5.41) is 4.60. The van der Waals surface area contributed by atoms with Crippen LogP contribution >= 0.6 is 11.8 Å². The fourth-order valence-corrected chi connectivity index (χ4v) is 4.69. The Morgan fingerprint density at radius 3 is 2.60 bits per heavy atom. The molecule has 5 heteroatoms. The summed E-state index contributed by atoms with van der Waals surface area (Å²) >= 11 is 1.80. The second kappa shape index (κ2) is 6.37. The van der Waals surface area contributed by atoms with Crippen LogP contribution in [0.3, 0.4) is 0 Å². The van der Waals surface area contributed by atoms with Gasteiger partial charge in [-0.15, -0.1) is 0 Å². The van der Waals surface area contributed by atoms with E-state index in [0.29, 0.717) is 6.54 Å². The molecule has 2 saturated heterocycles. The molecule has 2 aliphatic heterocycles. The fraction of sp³-hybridized carbons (Fsp3) is 0.867. The monoisotopic (exact) mass is 295 g/mol. The minimum atomic E-state index is 0.198. The van der Waals surface area contributed by atoms with Crippen LogP contribution in [0.4, 0.5) is 0 Å². The van der Waals surface area contributed by atoms with Crippen LogP contribution in [0.15, 0.2) is 4.99 Å². The highest BCUT2D eigenvalue weighted by Crippen LogP contribution is 2.36. The molecule has 3 aliphatic rings. The molecule has 0 aromatic heterocycles. The van der Waals surface area contributed by atoms with Gasteiger partial charge in [-0.1, -0.05) is 31.0 Å². The van der Waals surface area contributed by atoms with Crippen LogP contribution in [-0.2, 0) is 4.79 Å². The summed E-state index contributed by atoms with van der Waals surface area (Å²) in [6, 6.07) is 0. The Bertz CT molecular complexity index is 385. The van der Waals surface area contributed by atoms with E-state index < -0.39 is 0 Å². The van der Waals surface area contributed by atoms with Crippen molar-refractivity contribution in [3.05, 3.63) is 0 Å². The second-order valence-corrected chi connectivity index (χ2v) is 7.28. The lowest BCUT2D eigenvalue weighted by Gasteiger charge is -2.32. The number of carbonyl (C=O) groups excluding carboxylic acids is 1. The number of nitrogens with zero attached hydrogens (tertiary/aromatic N) is 2. The van der Waals surface area contributed by atoms with Crippen LogP contribution in [0.2, 0.25) is 0 Å². The van der Waals surface area contributed by atoms with Crippen LogP contribution in [0.5, 0.6) is 0 Å². The van der Waals surface area contributed by atoms with E-state index in [1.165, 1.54) is 38.5 Å². The van der Waals surface area contributed by atoms with Crippen molar-refractivity contribution >= 4 is 22.8 Å². The minimum absolute atomic E-state index is 0.198. The van der Waals surface area contributed by atoms with Gasteiger partial charge in [0, 0.05) is 24.4 Å². The van der Waals surface area contributed by atoms with Gasteiger partial charge in [-0.25, -0.2) is 0 Å². The van der Waals surface area contributed by atoms with Gasteiger partial charge in [0.05, 0.1) is 0 Å². The van der Waals surface area contributed by atoms with Gasteiger partial charge in [0.1, 0.15) is 6.54 Å². The molecule has 2 heterocycles. The lowest BCUT2D eigenvalue weighted by atomic mass is 9.83. The maximum Gasteiger partial charge on any atom is 0.244 e. The molecule has 3 rings (SSSR count). The lowest BCUT2D eigenvalue weighted by Crippen LogP contribution is -2.45. The Morgan fingerprint density at radius 1 is 1.15 bits per heavy atom. The number of amidine groups is 1. The van der Waals surface area contributed by atoms with E-state index in [0.717, 1.165) is 36.9 Å². The number of nitrogens with one attached hydrogen (secondary N) is 1. The molecule has 0 radical (unpaired) electrons. The van der Waals surface area contributed by atoms with Crippen molar-refractivity contribution < 1.29 is 4.79 Å². The summed E-state index contributed by atoms with van der Waals surface area (Å²) in [7, 11) is 0. The predicted molar refractivity (Wildman–Crippen MR) is 84.1 cm³/mol. The number of carbonyl (C=O) groups is 1. The number of piperidine rings is 1. The highest BCUT2D eigenvalue weighted by molar-refractivity contribution is 8.14. The summed E-state index contributed by atoms with van der Waals surface area (Å²) in [5.74, 6) is 1.33. The Hall–Kier alpha value is -0.710. The minimum Gasteiger partial charge on any atom is -0.359 e. The zero-order valence-corrected chi connectivity index (χ0v) is 13.0. The first-order valence-corrected chi connectivity index (χ1v) is 8.99. The van der Waals surface area contributed by atoms with Crippen molar-refractivity contribution in [1.29, 1.82) is 0 Å². The maximum atomic E-state index is 12.1. The number of hydrogen-bond donors (Lipinski definition) is 1. The highest BCUT2D eigenvalue weighted by Gasteiger charge is 2.38. The van der Waals surface area contributed by atoms with Gasteiger partial charge in [-0.05, 0) is 32.1 Å². The van der Waals surface area contributed by atoms with E-state index in [1.807, 2.05) is 4.90 Å². The first-order chi connectivity index (χ1) is 9.77. The molecule has 0 aromatic carbocycles. The van der Waals surface area contributed by atoms with Crippen LogP contribution < -0.4 is 5.32 Å². The average molecular weight is 295 g/mol. The Balaban J connectivity index is 1.50. The normalized spacial score (nSPS) is 27.8. The summed E-state index contributed by atoms with van der Waals surface area (Å²) < 4.78 is 0. The molecule has 1 amide bonds. The summed E-state index contributed by atoms with van der Waals surface area (Å²) in [6.07, 6.45) is 10.1. The molecule has 112 valence electrons. The highest BCUT2D eigenvalue weighted by atomic mass is 32.2. The third-order valence-corrected chi connectivity index (χ3v) is 5.94. The Labute approximate surface area is 125 Å². The lowest BCUT2D eigenvalue weighted by molar-refractivity contribution is -0.130. The fourth-order valence-electron chi connectivity index (χ4n) is 3.47. The van der Waals surface area contributed by atoms with E-state index in [9.17, 15) is 4.79 Å². The zero-order valence-electron chi connectivity index (χ0n) is 12.2. The SMILES string of the molecule is O=C(CN=C1NC2(CCCCC2)CS1)N1CCCCC1. The van der Waals surface area contributed by atoms with E-state index in [4.69, 9.17) is 0 Å². The smallest absolute Gasteiger partial charge is 0.244 e. The summed E-state index contributed by atoms with van der Waals surface area (Å²) in [4.78, 5) is 18.6. The largest absolute Gasteiger partial charge is 0.359 e. The first-order valence-electron chi connectivity index (χ1n) is 8.01. The van der Waals surface area contributed by atoms with Gasteiger partial charge in [0.25, 0.3) is 0 Å². The topological polar surface area (TPSA) is 44.7 Å². The van der Waals surface area contributed by atoms with Crippen LogP contribution in [0.25, 0.3) is 0 Å². The van der Waals surface area contributed by atoms with Crippen molar-refractivity contribution in [2.75, 3.05) is 25.4 Å². The molecule has 0 unspecified atom stereocenters. The van der Waals surface area contributed by atoms with Crippen molar-refractivity contribution in [3.8, 4) is 0 Å². The first kappa shape index (κ1) is 14.2. The number of amides is 1. The summed E-state index contributed by atoms with van der Waals surface area (Å²) in [5.41, 5.74) is 0.288. The van der Waals surface area contributed by atoms with E-state index in [1.54, 1.807) is 11.8 Å². The Morgan fingerprint density at radius 2 is 1.85 bits per heavy atom. The third kappa shape index (κ3) is 3.30. The molecular weight excluding hydrogens is 270 g/mol. The molecule has 0 bridgehead atoms. The molecule has 1 N–H and O–H groups in total. The van der Waals surface area contributed by atoms with Crippen molar-refractivity contribution in [2.45, 2.75) is 56.9 Å². The van der Waals surface area contributed by atoms with Crippen LogP contribution in [0.1, 0.15) is 51.4 Å². The number of aliphatic imine (C=N–C) groups is 1. The molecule has 0 atom stereocenters. The quantitative estimate of drug-likeness (QED) is 0.851. The van der Waals surface area contributed by atoms with Gasteiger partial charge in [-0.2, -0.15) is 0 Å². The number of thioether (sulfide) groups is 1. The third-order valence-electron chi connectivity index (χ3n) is 4.73. The van der Waals surface area contributed by atoms with Gasteiger partial charge in [0.15, 0.2) is 5.17 Å². The standard InChI is InChI=1S/C15H25N3OS/c19-13(18-9-5-2-6-10-18)11-16-14-17-15(12-20-14)7-3-1-4-8-15/h1-12H2,(H,16,17). The van der Waals surface area contributed by atoms with E-state index >= 15 is 0 Å². The van der Waals surface area contributed by atoms with Crippen LogP contribution in [0, 0.1) is 0 Å². The number of rotatable bonds is 2. The van der Waals surface area contributed by atoms with E-state index in [2.05, 4.69) is 10.3 Å². The van der Waals surface area contributed by atoms with Crippen LogP contribution in [-0.4, -0.2) is 46.9 Å². The van der Waals surface area contributed by atoms with Crippen molar-refractivity contribution in [1.82, 2.24) is 10.2 Å². The molecule has 1 saturated carbocycles. The second-order valence-electron chi connectivity index (χ2n) is 6.32. The number of likely N-dealkylation sites (tertiary alicyclic amines) is 1. The van der Waals surface area contributed by atoms with Crippen molar-refractivity contribution in [3.63, 3.8) is 0 Å². The molecule has 1 spiro atoms. The summed E-state index contributed by atoms with van der Waals surface area (Å²) in [6.45, 7) is 2.17. The van der Waals surface area contributed by atoms with Crippen molar-refractivity contribution in [2.24, 2.45) is 4.99 Å². The Kier molecular flexibility index (Phi) is 4.54. The molecule has 1 aliphatic carbocycles. The molecule has 20 heavy (non-hydrogen) atoms. The number of hydrogen-bond acceptors (Lipinski definition) is 3. The van der Waals surface area contributed by atoms with Gasteiger partial charge < -0.3 is 10.2 Å². The van der Waals surface area contributed by atoms with Gasteiger partial charge in [-0.3, -0.25) is 9.79 Å².